The van der Waals surface area contributed by atoms with Crippen LogP contribution < -0.4 is 4.90 Å². The number of aliphatic hydroxyl groups excluding tert-OH is 1. The van der Waals surface area contributed by atoms with E-state index in [4.69, 9.17) is 0 Å². The quantitative estimate of drug-likeness (QED) is 0.898. The Morgan fingerprint density at radius 2 is 2.20 bits per heavy atom. The third-order valence-corrected chi connectivity index (χ3v) is 4.73. The van der Waals surface area contributed by atoms with E-state index in [0.717, 1.165) is 24.5 Å². The molecule has 4 heteroatoms. The van der Waals surface area contributed by atoms with Crippen LogP contribution >= 0.6 is 0 Å². The summed E-state index contributed by atoms with van der Waals surface area (Å²) < 4.78 is 0. The van der Waals surface area contributed by atoms with Crippen LogP contribution in [-0.4, -0.2) is 46.7 Å². The van der Waals surface area contributed by atoms with E-state index in [0.29, 0.717) is 12.1 Å². The van der Waals surface area contributed by atoms with Crippen LogP contribution in [0.15, 0.2) is 18.3 Å². The summed E-state index contributed by atoms with van der Waals surface area (Å²) in [5.41, 5.74) is 0.952. The number of piperazine rings is 1. The Bertz CT molecular complexity index is 463. The molecule has 2 unspecified atom stereocenters. The van der Waals surface area contributed by atoms with E-state index in [9.17, 15) is 5.11 Å². The number of aliphatic hydroxyl groups is 1. The van der Waals surface area contributed by atoms with E-state index in [1.807, 2.05) is 25.3 Å². The van der Waals surface area contributed by atoms with Crippen LogP contribution in [0.5, 0.6) is 0 Å². The molecule has 0 amide bonds. The maximum atomic E-state index is 9.75. The van der Waals surface area contributed by atoms with Gasteiger partial charge in [0.05, 0.1) is 6.10 Å². The zero-order valence-corrected chi connectivity index (χ0v) is 12.5. The summed E-state index contributed by atoms with van der Waals surface area (Å²) >= 11 is 0. The average Bonchev–Trinajstić information content (AvgIpc) is 2.46. The molecule has 1 aromatic rings. The van der Waals surface area contributed by atoms with Crippen molar-refractivity contribution in [1.82, 2.24) is 9.88 Å². The highest BCUT2D eigenvalue weighted by Crippen LogP contribution is 2.28. The third kappa shape index (κ3) is 2.67. The van der Waals surface area contributed by atoms with Crippen LogP contribution in [0.1, 0.15) is 44.8 Å². The van der Waals surface area contributed by atoms with Crippen molar-refractivity contribution in [3.63, 3.8) is 0 Å². The van der Waals surface area contributed by atoms with E-state index in [1.54, 1.807) is 0 Å². The van der Waals surface area contributed by atoms with Gasteiger partial charge in [-0.1, -0.05) is 6.42 Å². The van der Waals surface area contributed by atoms with Crippen LogP contribution in [0.4, 0.5) is 5.82 Å². The Morgan fingerprint density at radius 1 is 1.35 bits per heavy atom. The summed E-state index contributed by atoms with van der Waals surface area (Å²) in [5.74, 6) is 1.01. The van der Waals surface area contributed by atoms with Gasteiger partial charge in [0.2, 0.25) is 0 Å². The minimum atomic E-state index is -0.428. The fourth-order valence-corrected chi connectivity index (χ4v) is 3.52. The highest BCUT2D eigenvalue weighted by atomic mass is 16.3. The van der Waals surface area contributed by atoms with Crippen molar-refractivity contribution < 1.29 is 5.11 Å². The van der Waals surface area contributed by atoms with Crippen LogP contribution in [-0.2, 0) is 0 Å². The van der Waals surface area contributed by atoms with Crippen molar-refractivity contribution in [1.29, 1.82) is 0 Å². The predicted octanol–water partition coefficient (Wildman–Crippen LogP) is 2.20. The standard InChI is InChI=1S/C16H25N3O/c1-12-10-18-8-4-3-5-15(18)11-19(12)16-9-14(13(2)20)6-7-17-16/h6-7,9,12-13,15,20H,3-5,8,10-11H2,1-2H3/t12?,13-,15?/m1/s1. The van der Waals surface area contributed by atoms with Gasteiger partial charge in [-0.25, -0.2) is 4.98 Å². The van der Waals surface area contributed by atoms with E-state index in [-0.39, 0.29) is 0 Å². The van der Waals surface area contributed by atoms with Gasteiger partial charge in [0.25, 0.3) is 0 Å². The second-order valence-electron chi connectivity index (χ2n) is 6.27. The molecule has 0 saturated carbocycles. The SMILES string of the molecule is CC1CN2CCCCC2CN1c1cc([C@@H](C)O)ccn1. The zero-order valence-electron chi connectivity index (χ0n) is 12.5. The topological polar surface area (TPSA) is 39.6 Å². The van der Waals surface area contributed by atoms with Gasteiger partial charge >= 0.3 is 0 Å². The molecule has 0 aromatic carbocycles. The largest absolute Gasteiger partial charge is 0.389 e. The molecule has 0 bridgehead atoms. The molecule has 2 saturated heterocycles. The summed E-state index contributed by atoms with van der Waals surface area (Å²) in [7, 11) is 0. The van der Waals surface area contributed by atoms with E-state index in [1.165, 1.54) is 25.8 Å². The Morgan fingerprint density at radius 3 is 3.00 bits per heavy atom. The van der Waals surface area contributed by atoms with Crippen molar-refractivity contribution >= 4 is 5.82 Å². The summed E-state index contributed by atoms with van der Waals surface area (Å²) in [6, 6.07) is 5.10. The number of aromatic nitrogens is 1. The number of pyridine rings is 1. The van der Waals surface area contributed by atoms with Crippen molar-refractivity contribution in [2.24, 2.45) is 0 Å². The Labute approximate surface area is 121 Å². The molecule has 20 heavy (non-hydrogen) atoms. The van der Waals surface area contributed by atoms with Gasteiger partial charge < -0.3 is 10.0 Å². The molecule has 3 atom stereocenters. The minimum Gasteiger partial charge on any atom is -0.389 e. The Hall–Kier alpha value is -1.13. The van der Waals surface area contributed by atoms with Gasteiger partial charge in [-0.3, -0.25) is 4.90 Å². The van der Waals surface area contributed by atoms with Crippen molar-refractivity contribution in [3.8, 4) is 0 Å². The molecule has 1 N–H and O–H groups in total. The molecule has 1 aromatic heterocycles. The fourth-order valence-electron chi connectivity index (χ4n) is 3.52. The number of rotatable bonds is 2. The second-order valence-corrected chi connectivity index (χ2v) is 6.27. The average molecular weight is 275 g/mol. The third-order valence-electron chi connectivity index (χ3n) is 4.73. The molecule has 4 nitrogen and oxygen atoms in total. The van der Waals surface area contributed by atoms with E-state index in [2.05, 4.69) is 21.7 Å². The van der Waals surface area contributed by atoms with Gasteiger partial charge in [0, 0.05) is 31.4 Å². The molecule has 3 heterocycles. The molecular formula is C16H25N3O. The Kier molecular flexibility index (Phi) is 3.94. The maximum Gasteiger partial charge on any atom is 0.129 e. The van der Waals surface area contributed by atoms with Crippen molar-refractivity contribution in [3.05, 3.63) is 23.9 Å². The fraction of sp³-hybridized carbons (Fsp3) is 0.688. The van der Waals surface area contributed by atoms with Crippen LogP contribution in [0.2, 0.25) is 0 Å². The number of hydrogen-bond donors (Lipinski definition) is 1. The smallest absolute Gasteiger partial charge is 0.129 e. The number of fused-ring (bicyclic) bond motifs is 1. The lowest BCUT2D eigenvalue weighted by molar-refractivity contribution is 0.115. The first-order valence-electron chi connectivity index (χ1n) is 7.80. The van der Waals surface area contributed by atoms with Crippen molar-refractivity contribution in [2.75, 3.05) is 24.5 Å². The lowest BCUT2D eigenvalue weighted by Gasteiger charge is -2.48. The minimum absolute atomic E-state index is 0.428. The molecule has 2 fully saturated rings. The number of piperidine rings is 1. The van der Waals surface area contributed by atoms with Crippen molar-refractivity contribution in [2.45, 2.75) is 51.3 Å². The first kappa shape index (κ1) is 13.8. The number of nitrogens with zero attached hydrogens (tertiary/aromatic N) is 3. The number of anilines is 1. The lowest BCUT2D eigenvalue weighted by atomic mass is 9.97. The van der Waals surface area contributed by atoms with Crippen LogP contribution in [0.3, 0.4) is 0 Å². The normalized spacial score (nSPS) is 29.1. The molecular weight excluding hydrogens is 250 g/mol. The molecule has 0 radical (unpaired) electrons. The summed E-state index contributed by atoms with van der Waals surface area (Å²) in [4.78, 5) is 9.59. The molecule has 2 aliphatic rings. The first-order valence-corrected chi connectivity index (χ1v) is 7.80. The van der Waals surface area contributed by atoms with Gasteiger partial charge in [-0.2, -0.15) is 0 Å². The van der Waals surface area contributed by atoms with Gasteiger partial charge in [0.15, 0.2) is 0 Å². The monoisotopic (exact) mass is 275 g/mol. The van der Waals surface area contributed by atoms with Crippen LogP contribution in [0, 0.1) is 0 Å². The maximum absolute atomic E-state index is 9.75. The Balaban J connectivity index is 1.80. The molecule has 3 rings (SSSR count). The lowest BCUT2D eigenvalue weighted by Crippen LogP contribution is -2.59. The summed E-state index contributed by atoms with van der Waals surface area (Å²) in [5, 5.41) is 9.75. The molecule has 2 aliphatic heterocycles. The highest BCUT2D eigenvalue weighted by Gasteiger charge is 2.33. The first-order chi connectivity index (χ1) is 9.65. The molecule has 0 aliphatic carbocycles. The highest BCUT2D eigenvalue weighted by molar-refractivity contribution is 5.43. The van der Waals surface area contributed by atoms with Gasteiger partial charge in [0.1, 0.15) is 5.82 Å². The summed E-state index contributed by atoms with van der Waals surface area (Å²) in [6.07, 6.45) is 5.39. The zero-order chi connectivity index (χ0) is 14.1. The van der Waals surface area contributed by atoms with E-state index < -0.39 is 6.10 Å². The van der Waals surface area contributed by atoms with E-state index >= 15 is 0 Å². The number of hydrogen-bond acceptors (Lipinski definition) is 4. The molecule has 110 valence electrons. The van der Waals surface area contributed by atoms with Gasteiger partial charge in [-0.05, 0) is 50.9 Å². The van der Waals surface area contributed by atoms with Crippen LogP contribution in [0.25, 0.3) is 0 Å². The predicted molar refractivity (Wildman–Crippen MR) is 80.9 cm³/mol. The summed E-state index contributed by atoms with van der Waals surface area (Å²) in [6.45, 7) is 7.54. The van der Waals surface area contributed by atoms with Gasteiger partial charge in [-0.15, -0.1) is 0 Å². The molecule has 0 spiro atoms. The second kappa shape index (κ2) is 5.70.